The molecule has 1 amide bonds. The van der Waals surface area contributed by atoms with Crippen LogP contribution in [0, 0.1) is 11.8 Å². The Labute approximate surface area is 112 Å². The van der Waals surface area contributed by atoms with Crippen LogP contribution in [0.2, 0.25) is 0 Å². The molecule has 0 aromatic heterocycles. The number of benzene rings is 1. The fourth-order valence-electron chi connectivity index (χ4n) is 2.05. The molecule has 4 nitrogen and oxygen atoms in total. The van der Waals surface area contributed by atoms with E-state index in [0.717, 1.165) is 19.4 Å². The number of rotatable bonds is 3. The smallest absolute Gasteiger partial charge is 0.227 e. The van der Waals surface area contributed by atoms with Crippen molar-refractivity contribution in [3.8, 4) is 11.8 Å². The molecule has 1 saturated heterocycles. The Kier molecular flexibility index (Phi) is 4.96. The van der Waals surface area contributed by atoms with Crippen LogP contribution < -0.4 is 5.32 Å². The molecular weight excluding hydrogens is 242 g/mol. The standard InChI is InChI=1S/C15H17NO3/c17-9-3-6-12-5-1-2-8-14(12)16-15(18)11-13-7-4-10-19-13/h1-2,5,8,13,17H,4,7,9-11H2,(H,16,18). The first-order valence-electron chi connectivity index (χ1n) is 6.40. The Morgan fingerprint density at radius 3 is 3.05 bits per heavy atom. The molecule has 0 radical (unpaired) electrons. The van der Waals surface area contributed by atoms with E-state index >= 15 is 0 Å². The maximum Gasteiger partial charge on any atom is 0.227 e. The Morgan fingerprint density at radius 2 is 2.32 bits per heavy atom. The molecule has 0 spiro atoms. The van der Waals surface area contributed by atoms with E-state index in [9.17, 15) is 4.79 Å². The lowest BCUT2D eigenvalue weighted by atomic mass is 10.1. The molecule has 1 aromatic carbocycles. The molecule has 1 aliphatic rings. The van der Waals surface area contributed by atoms with Crippen LogP contribution in [0.1, 0.15) is 24.8 Å². The first-order valence-corrected chi connectivity index (χ1v) is 6.40. The summed E-state index contributed by atoms with van der Waals surface area (Å²) in [5.74, 6) is 5.33. The topological polar surface area (TPSA) is 58.6 Å². The number of para-hydroxylation sites is 1. The second kappa shape index (κ2) is 6.93. The van der Waals surface area contributed by atoms with E-state index in [-0.39, 0.29) is 18.6 Å². The number of aliphatic hydroxyl groups is 1. The van der Waals surface area contributed by atoms with Gasteiger partial charge in [-0.25, -0.2) is 0 Å². The van der Waals surface area contributed by atoms with Crippen molar-refractivity contribution in [2.45, 2.75) is 25.4 Å². The van der Waals surface area contributed by atoms with Gasteiger partial charge in [-0.05, 0) is 25.0 Å². The van der Waals surface area contributed by atoms with Crippen LogP contribution >= 0.6 is 0 Å². The summed E-state index contributed by atoms with van der Waals surface area (Å²) >= 11 is 0. The van der Waals surface area contributed by atoms with Gasteiger partial charge in [0.05, 0.1) is 18.2 Å². The van der Waals surface area contributed by atoms with Crippen molar-refractivity contribution in [3.05, 3.63) is 29.8 Å². The molecule has 1 atom stereocenters. The maximum atomic E-state index is 11.9. The lowest BCUT2D eigenvalue weighted by Crippen LogP contribution is -2.19. The number of anilines is 1. The quantitative estimate of drug-likeness (QED) is 0.809. The maximum absolute atomic E-state index is 11.9. The fraction of sp³-hybridized carbons (Fsp3) is 0.400. The fourth-order valence-corrected chi connectivity index (χ4v) is 2.05. The van der Waals surface area contributed by atoms with Gasteiger partial charge in [0.25, 0.3) is 0 Å². The van der Waals surface area contributed by atoms with Crippen LogP contribution in [-0.2, 0) is 9.53 Å². The van der Waals surface area contributed by atoms with Crippen molar-refractivity contribution in [3.63, 3.8) is 0 Å². The van der Waals surface area contributed by atoms with E-state index in [1.165, 1.54) is 0 Å². The summed E-state index contributed by atoms with van der Waals surface area (Å²) in [5, 5.41) is 11.6. The van der Waals surface area contributed by atoms with Gasteiger partial charge in [-0.3, -0.25) is 4.79 Å². The van der Waals surface area contributed by atoms with Gasteiger partial charge in [0.1, 0.15) is 6.61 Å². The monoisotopic (exact) mass is 259 g/mol. The van der Waals surface area contributed by atoms with Crippen molar-refractivity contribution < 1.29 is 14.6 Å². The summed E-state index contributed by atoms with van der Waals surface area (Å²) in [4.78, 5) is 11.9. The van der Waals surface area contributed by atoms with E-state index in [4.69, 9.17) is 9.84 Å². The van der Waals surface area contributed by atoms with Crippen LogP contribution in [0.3, 0.4) is 0 Å². The SMILES string of the molecule is O=C(CC1CCCO1)Nc1ccccc1C#CCO. The molecule has 19 heavy (non-hydrogen) atoms. The Hall–Kier alpha value is -1.83. The Bertz CT molecular complexity index is 496. The lowest BCUT2D eigenvalue weighted by Gasteiger charge is -2.10. The van der Waals surface area contributed by atoms with Crippen molar-refractivity contribution in [1.82, 2.24) is 0 Å². The predicted octanol–water partition coefficient (Wildman–Crippen LogP) is 1.54. The lowest BCUT2D eigenvalue weighted by molar-refractivity contribution is -0.118. The molecule has 1 heterocycles. The van der Waals surface area contributed by atoms with Gasteiger partial charge in [-0.1, -0.05) is 24.0 Å². The molecule has 0 aliphatic carbocycles. The van der Waals surface area contributed by atoms with E-state index in [2.05, 4.69) is 17.2 Å². The summed E-state index contributed by atoms with van der Waals surface area (Å²) in [6.45, 7) is 0.550. The predicted molar refractivity (Wildman–Crippen MR) is 72.6 cm³/mol. The molecule has 2 N–H and O–H groups in total. The second-order valence-electron chi connectivity index (χ2n) is 4.39. The Morgan fingerprint density at radius 1 is 1.47 bits per heavy atom. The van der Waals surface area contributed by atoms with Crippen molar-refractivity contribution in [2.75, 3.05) is 18.5 Å². The summed E-state index contributed by atoms with van der Waals surface area (Å²) in [7, 11) is 0. The van der Waals surface area contributed by atoms with Crippen LogP contribution in [0.5, 0.6) is 0 Å². The molecule has 0 saturated carbocycles. The van der Waals surface area contributed by atoms with Gasteiger partial charge in [-0.2, -0.15) is 0 Å². The molecule has 1 aliphatic heterocycles. The molecule has 1 aromatic rings. The van der Waals surface area contributed by atoms with Crippen LogP contribution in [-0.4, -0.2) is 30.3 Å². The van der Waals surface area contributed by atoms with Crippen molar-refractivity contribution in [2.24, 2.45) is 0 Å². The number of aliphatic hydroxyl groups excluding tert-OH is 1. The molecule has 100 valence electrons. The average molecular weight is 259 g/mol. The third-order valence-electron chi connectivity index (χ3n) is 2.94. The molecular formula is C15H17NO3. The normalized spacial score (nSPS) is 17.6. The van der Waals surface area contributed by atoms with Crippen LogP contribution in [0.15, 0.2) is 24.3 Å². The summed E-state index contributed by atoms with van der Waals surface area (Å²) in [6.07, 6.45) is 2.38. The van der Waals surface area contributed by atoms with Gasteiger partial charge in [0.15, 0.2) is 0 Å². The largest absolute Gasteiger partial charge is 0.384 e. The zero-order valence-corrected chi connectivity index (χ0v) is 10.7. The van der Waals surface area contributed by atoms with Crippen LogP contribution in [0.4, 0.5) is 5.69 Å². The van der Waals surface area contributed by atoms with Gasteiger partial charge < -0.3 is 15.2 Å². The molecule has 2 rings (SSSR count). The number of nitrogens with one attached hydrogen (secondary N) is 1. The highest BCUT2D eigenvalue weighted by Gasteiger charge is 2.19. The number of ether oxygens (including phenoxy) is 1. The molecule has 1 unspecified atom stereocenters. The van der Waals surface area contributed by atoms with E-state index in [1.807, 2.05) is 18.2 Å². The van der Waals surface area contributed by atoms with Gasteiger partial charge in [0.2, 0.25) is 5.91 Å². The van der Waals surface area contributed by atoms with E-state index in [1.54, 1.807) is 6.07 Å². The summed E-state index contributed by atoms with van der Waals surface area (Å²) in [6, 6.07) is 7.29. The second-order valence-corrected chi connectivity index (χ2v) is 4.39. The number of amides is 1. The number of hydrogen-bond donors (Lipinski definition) is 2. The first kappa shape index (κ1) is 13.6. The number of hydrogen-bond acceptors (Lipinski definition) is 3. The Balaban J connectivity index is 1.99. The average Bonchev–Trinajstić information content (AvgIpc) is 2.90. The van der Waals surface area contributed by atoms with E-state index < -0.39 is 0 Å². The third kappa shape index (κ3) is 4.09. The van der Waals surface area contributed by atoms with E-state index in [0.29, 0.717) is 17.7 Å². The zero-order chi connectivity index (χ0) is 13.5. The zero-order valence-electron chi connectivity index (χ0n) is 10.7. The third-order valence-corrected chi connectivity index (χ3v) is 2.94. The van der Waals surface area contributed by atoms with Gasteiger partial charge >= 0.3 is 0 Å². The van der Waals surface area contributed by atoms with Gasteiger partial charge in [0, 0.05) is 12.2 Å². The number of carbonyl (C=O) groups excluding carboxylic acids is 1. The highest BCUT2D eigenvalue weighted by Crippen LogP contribution is 2.18. The number of carbonyl (C=O) groups is 1. The minimum atomic E-state index is -0.196. The minimum Gasteiger partial charge on any atom is -0.384 e. The molecule has 0 bridgehead atoms. The molecule has 4 heteroatoms. The minimum absolute atomic E-state index is 0.0377. The van der Waals surface area contributed by atoms with Gasteiger partial charge in [-0.15, -0.1) is 0 Å². The molecule has 1 fully saturated rings. The van der Waals surface area contributed by atoms with Crippen molar-refractivity contribution >= 4 is 11.6 Å². The summed E-state index contributed by atoms with van der Waals surface area (Å²) < 4.78 is 5.43. The van der Waals surface area contributed by atoms with Crippen molar-refractivity contribution in [1.29, 1.82) is 0 Å². The summed E-state index contributed by atoms with van der Waals surface area (Å²) in [5.41, 5.74) is 1.38. The highest BCUT2D eigenvalue weighted by atomic mass is 16.5. The highest BCUT2D eigenvalue weighted by molar-refractivity contribution is 5.92. The first-order chi connectivity index (χ1) is 9.29. The van der Waals surface area contributed by atoms with Crippen LogP contribution in [0.25, 0.3) is 0 Å².